The largest absolute Gasteiger partial charge is 0.375 e. The summed E-state index contributed by atoms with van der Waals surface area (Å²) in [7, 11) is 0. The normalized spacial score (nSPS) is 16.9. The second-order valence-corrected chi connectivity index (χ2v) is 8.64. The lowest BCUT2D eigenvalue weighted by Crippen LogP contribution is -2.41. The van der Waals surface area contributed by atoms with Gasteiger partial charge in [0.05, 0.1) is 10.2 Å². The van der Waals surface area contributed by atoms with Gasteiger partial charge in [0.1, 0.15) is 0 Å². The number of thiazole rings is 1. The van der Waals surface area contributed by atoms with Crippen molar-refractivity contribution in [2.24, 2.45) is 5.92 Å². The maximum atomic E-state index is 5.83. The quantitative estimate of drug-likeness (QED) is 0.639. The highest BCUT2D eigenvalue weighted by atomic mass is 35.5. The Labute approximate surface area is 172 Å². The summed E-state index contributed by atoms with van der Waals surface area (Å²) in [5.74, 6) is 0.831. The van der Waals surface area contributed by atoms with Crippen molar-refractivity contribution in [2.75, 3.05) is 18.8 Å². The smallest absolute Gasteiger partial charge is 0.181 e. The summed E-state index contributed by atoms with van der Waals surface area (Å²) >= 11 is 1.58. The maximum Gasteiger partial charge on any atom is 0.181 e. The molecule has 27 heavy (non-hydrogen) atoms. The van der Waals surface area contributed by atoms with Crippen molar-refractivity contribution in [1.82, 2.24) is 9.88 Å². The number of anilines is 1. The van der Waals surface area contributed by atoms with Gasteiger partial charge in [-0.15, -0.1) is 12.4 Å². The van der Waals surface area contributed by atoms with Crippen LogP contribution in [0.5, 0.6) is 0 Å². The maximum absolute atomic E-state index is 5.83. The third-order valence-corrected chi connectivity index (χ3v) is 6.49. The average molecular weight is 402 g/mol. The van der Waals surface area contributed by atoms with Gasteiger partial charge in [-0.3, -0.25) is 0 Å². The van der Waals surface area contributed by atoms with E-state index in [1.165, 1.54) is 48.2 Å². The van der Waals surface area contributed by atoms with Gasteiger partial charge in [0.2, 0.25) is 0 Å². The van der Waals surface area contributed by atoms with Gasteiger partial charge in [0, 0.05) is 6.04 Å². The highest BCUT2D eigenvalue weighted by Gasteiger charge is 2.23. The first-order valence-electron chi connectivity index (χ1n) is 9.60. The number of hydrogen-bond donors (Lipinski definition) is 1. The number of benzene rings is 2. The highest BCUT2D eigenvalue weighted by Crippen LogP contribution is 2.27. The lowest BCUT2D eigenvalue weighted by molar-refractivity contribution is 0.140. The molecule has 1 aromatic heterocycles. The number of piperidine rings is 1. The summed E-state index contributed by atoms with van der Waals surface area (Å²) in [6.07, 6.45) is 4.94. The van der Waals surface area contributed by atoms with Crippen molar-refractivity contribution < 1.29 is 0 Å². The number of likely N-dealkylation sites (tertiary alicyclic amines) is 1. The minimum absolute atomic E-state index is 0. The lowest BCUT2D eigenvalue weighted by Gasteiger charge is -2.36. The van der Waals surface area contributed by atoms with Gasteiger partial charge in [-0.1, -0.05) is 47.7 Å². The molecule has 0 spiro atoms. The summed E-state index contributed by atoms with van der Waals surface area (Å²) in [6.45, 7) is 4.80. The Bertz CT molecular complexity index is 856. The Morgan fingerprint density at radius 3 is 2.59 bits per heavy atom. The zero-order chi connectivity index (χ0) is 17.9. The van der Waals surface area contributed by atoms with Gasteiger partial charge >= 0.3 is 0 Å². The van der Waals surface area contributed by atoms with Crippen LogP contribution >= 0.6 is 23.7 Å². The van der Waals surface area contributed by atoms with E-state index in [-0.39, 0.29) is 12.4 Å². The minimum atomic E-state index is 0. The molecular formula is C22H28ClN3S. The van der Waals surface area contributed by atoms with Crippen LogP contribution in [-0.4, -0.2) is 29.0 Å². The summed E-state index contributed by atoms with van der Waals surface area (Å²) in [6, 6.07) is 18.1. The van der Waals surface area contributed by atoms with Crippen LogP contribution in [-0.2, 0) is 12.8 Å². The summed E-state index contributed by atoms with van der Waals surface area (Å²) in [5, 5.41) is 0.658. The van der Waals surface area contributed by atoms with Crippen LogP contribution in [0, 0.1) is 5.92 Å². The Kier molecular flexibility index (Phi) is 6.74. The number of nitrogens with zero attached hydrogens (tertiary/aromatic N) is 2. The van der Waals surface area contributed by atoms with E-state index < -0.39 is 0 Å². The Hall–Kier alpha value is -1.62. The number of rotatable bonds is 5. The first kappa shape index (κ1) is 20.1. The Balaban J connectivity index is 0.00000210. The van der Waals surface area contributed by atoms with E-state index >= 15 is 0 Å². The van der Waals surface area contributed by atoms with E-state index in [1.54, 1.807) is 11.3 Å². The molecule has 1 fully saturated rings. The fraction of sp³-hybridized carbons (Fsp3) is 0.409. The van der Waals surface area contributed by atoms with Crippen molar-refractivity contribution in [3.05, 3.63) is 59.7 Å². The first-order chi connectivity index (χ1) is 12.7. The van der Waals surface area contributed by atoms with Crippen LogP contribution in [0.2, 0.25) is 0 Å². The average Bonchev–Trinajstić information content (AvgIpc) is 3.02. The van der Waals surface area contributed by atoms with Crippen LogP contribution < -0.4 is 5.73 Å². The molecule has 4 rings (SSSR count). The molecule has 3 aromatic rings. The SMILES string of the molecule is CC(Cc1ccc2nc(N)sc2c1)N1CCC(Cc2ccccc2)CC1.Cl. The third kappa shape index (κ3) is 5.01. The van der Waals surface area contributed by atoms with Crippen molar-refractivity contribution in [3.63, 3.8) is 0 Å². The molecule has 144 valence electrons. The second-order valence-electron chi connectivity index (χ2n) is 7.58. The molecule has 2 heterocycles. The molecule has 0 amide bonds. The molecule has 1 aliphatic rings. The van der Waals surface area contributed by atoms with Crippen LogP contribution in [0.25, 0.3) is 10.2 Å². The van der Waals surface area contributed by atoms with E-state index in [2.05, 4.69) is 65.3 Å². The third-order valence-electron chi connectivity index (χ3n) is 5.64. The molecular weight excluding hydrogens is 374 g/mol. The Morgan fingerprint density at radius 2 is 1.85 bits per heavy atom. The number of halogens is 1. The molecule has 0 aliphatic carbocycles. The van der Waals surface area contributed by atoms with Crippen LogP contribution in [0.3, 0.4) is 0 Å². The molecule has 3 nitrogen and oxygen atoms in total. The lowest BCUT2D eigenvalue weighted by atomic mass is 9.89. The van der Waals surface area contributed by atoms with Crippen molar-refractivity contribution in [3.8, 4) is 0 Å². The predicted molar refractivity (Wildman–Crippen MR) is 119 cm³/mol. The monoisotopic (exact) mass is 401 g/mol. The topological polar surface area (TPSA) is 42.1 Å². The number of hydrogen-bond acceptors (Lipinski definition) is 4. The van der Waals surface area contributed by atoms with Crippen molar-refractivity contribution >= 4 is 39.1 Å². The van der Waals surface area contributed by atoms with E-state index in [1.807, 2.05) is 0 Å². The van der Waals surface area contributed by atoms with Crippen LogP contribution in [0.4, 0.5) is 5.13 Å². The predicted octanol–water partition coefficient (Wildman–Crippen LogP) is 5.19. The van der Waals surface area contributed by atoms with Crippen LogP contribution in [0.1, 0.15) is 30.9 Å². The van der Waals surface area contributed by atoms with Crippen LogP contribution in [0.15, 0.2) is 48.5 Å². The van der Waals surface area contributed by atoms with E-state index in [0.717, 1.165) is 17.9 Å². The number of fused-ring (bicyclic) bond motifs is 1. The molecule has 2 N–H and O–H groups in total. The first-order valence-corrected chi connectivity index (χ1v) is 10.4. The second kappa shape index (κ2) is 9.05. The standard InChI is InChI=1S/C22H27N3S.ClH/c1-16(13-19-7-8-20-21(15-19)26-22(23)24-20)25-11-9-18(10-12-25)14-17-5-3-2-4-6-17;/h2-8,15-16,18H,9-14H2,1H3,(H2,23,24);1H. The molecule has 1 aliphatic heterocycles. The van der Waals surface area contributed by atoms with Gasteiger partial charge in [0.25, 0.3) is 0 Å². The number of nitrogens with two attached hydrogens (primary N) is 1. The van der Waals surface area contributed by atoms with Gasteiger partial charge in [-0.2, -0.15) is 0 Å². The molecule has 1 unspecified atom stereocenters. The van der Waals surface area contributed by atoms with E-state index in [4.69, 9.17) is 5.73 Å². The molecule has 5 heteroatoms. The van der Waals surface area contributed by atoms with E-state index in [0.29, 0.717) is 11.2 Å². The summed E-state index contributed by atoms with van der Waals surface area (Å²) in [5.41, 5.74) is 9.72. The molecule has 0 radical (unpaired) electrons. The Morgan fingerprint density at radius 1 is 1.11 bits per heavy atom. The fourth-order valence-electron chi connectivity index (χ4n) is 4.13. The van der Waals surface area contributed by atoms with Crippen molar-refractivity contribution in [2.45, 2.75) is 38.6 Å². The zero-order valence-corrected chi connectivity index (χ0v) is 17.4. The number of aromatic nitrogens is 1. The summed E-state index contributed by atoms with van der Waals surface area (Å²) in [4.78, 5) is 7.01. The summed E-state index contributed by atoms with van der Waals surface area (Å²) < 4.78 is 1.20. The van der Waals surface area contributed by atoms with Gasteiger partial charge in [-0.25, -0.2) is 4.98 Å². The molecule has 0 bridgehead atoms. The fourth-order valence-corrected chi connectivity index (χ4v) is 4.93. The molecule has 1 saturated heterocycles. The minimum Gasteiger partial charge on any atom is -0.375 e. The number of nitrogen functional groups attached to an aromatic ring is 1. The van der Waals surface area contributed by atoms with Gasteiger partial charge in [0.15, 0.2) is 5.13 Å². The molecule has 0 saturated carbocycles. The molecule has 2 aromatic carbocycles. The van der Waals surface area contributed by atoms with Gasteiger partial charge < -0.3 is 10.6 Å². The molecule has 1 atom stereocenters. The van der Waals surface area contributed by atoms with Gasteiger partial charge in [-0.05, 0) is 74.9 Å². The zero-order valence-electron chi connectivity index (χ0n) is 15.8. The van der Waals surface area contributed by atoms with Crippen molar-refractivity contribution in [1.29, 1.82) is 0 Å². The highest BCUT2D eigenvalue weighted by molar-refractivity contribution is 7.22. The van der Waals surface area contributed by atoms with E-state index in [9.17, 15) is 0 Å².